The topological polar surface area (TPSA) is 65.5 Å². The van der Waals surface area contributed by atoms with Gasteiger partial charge in [0.2, 0.25) is 0 Å². The van der Waals surface area contributed by atoms with E-state index in [1.54, 1.807) is 6.92 Å². The molecule has 0 amide bonds. The molecular weight excluding hydrogens is 278 g/mol. The number of esters is 1. The second-order valence-corrected chi connectivity index (χ2v) is 6.24. The van der Waals surface area contributed by atoms with E-state index in [4.69, 9.17) is 9.47 Å². The Bertz CT molecular complexity index is 506. The molecule has 1 atom stereocenters. The molecule has 2 rings (SSSR count). The molecule has 1 aromatic rings. The maximum absolute atomic E-state index is 12.3. The van der Waals surface area contributed by atoms with Crippen LogP contribution < -0.4 is 0 Å². The minimum absolute atomic E-state index is 0.0857. The summed E-state index contributed by atoms with van der Waals surface area (Å²) in [6.45, 7) is 6.35. The van der Waals surface area contributed by atoms with Gasteiger partial charge in [0, 0.05) is 17.7 Å². The van der Waals surface area contributed by atoms with Crippen LogP contribution in [0, 0.1) is 19.3 Å². The van der Waals surface area contributed by atoms with Crippen LogP contribution in [-0.2, 0) is 25.5 Å². The molecule has 1 fully saturated rings. The Morgan fingerprint density at radius 1 is 1.50 bits per heavy atom. The Morgan fingerprint density at radius 3 is 2.80 bits per heavy atom. The molecule has 20 heavy (non-hydrogen) atoms. The number of hydrogen-bond acceptors (Lipinski definition) is 6. The van der Waals surface area contributed by atoms with Crippen molar-refractivity contribution in [1.82, 2.24) is 4.98 Å². The lowest BCUT2D eigenvalue weighted by Gasteiger charge is -2.32. The van der Waals surface area contributed by atoms with Crippen LogP contribution in [0.3, 0.4) is 0 Å². The van der Waals surface area contributed by atoms with E-state index in [0.29, 0.717) is 6.61 Å². The fraction of sp³-hybridized carbons (Fsp3) is 0.643. The lowest BCUT2D eigenvalue weighted by molar-refractivity contribution is -0.169. The van der Waals surface area contributed by atoms with Crippen molar-refractivity contribution in [2.45, 2.75) is 33.6 Å². The second-order valence-electron chi connectivity index (χ2n) is 4.95. The summed E-state index contributed by atoms with van der Waals surface area (Å²) in [5.41, 5.74) is -0.279. The highest BCUT2D eigenvalue weighted by molar-refractivity contribution is 7.11. The van der Waals surface area contributed by atoms with E-state index in [2.05, 4.69) is 4.98 Å². The van der Waals surface area contributed by atoms with Crippen LogP contribution in [0.25, 0.3) is 0 Å². The SMILES string of the molecule is CCOC(=O)C1(Cc2nc(C)c(C)s2)COCCC1=O. The van der Waals surface area contributed by atoms with Crippen molar-refractivity contribution in [3.63, 3.8) is 0 Å². The Balaban J connectivity index is 2.31. The zero-order valence-corrected chi connectivity index (χ0v) is 12.8. The molecule has 1 aliphatic rings. The van der Waals surface area contributed by atoms with Crippen LogP contribution in [0.15, 0.2) is 0 Å². The number of nitrogens with zero attached hydrogens (tertiary/aromatic N) is 1. The molecule has 0 N–H and O–H groups in total. The Labute approximate surface area is 122 Å². The maximum Gasteiger partial charge on any atom is 0.322 e. The van der Waals surface area contributed by atoms with Crippen LogP contribution in [0.1, 0.15) is 28.9 Å². The van der Waals surface area contributed by atoms with Crippen molar-refractivity contribution in [1.29, 1.82) is 0 Å². The molecule has 0 aromatic carbocycles. The Morgan fingerprint density at radius 2 is 2.25 bits per heavy atom. The van der Waals surface area contributed by atoms with Crippen LogP contribution in [-0.4, -0.2) is 36.6 Å². The molecule has 5 nitrogen and oxygen atoms in total. The Kier molecular flexibility index (Phi) is 4.55. The molecule has 0 spiro atoms. The average Bonchev–Trinajstić information content (AvgIpc) is 2.71. The van der Waals surface area contributed by atoms with Crippen molar-refractivity contribution in [2.75, 3.05) is 19.8 Å². The largest absolute Gasteiger partial charge is 0.465 e. The van der Waals surface area contributed by atoms with Gasteiger partial charge in [-0.05, 0) is 20.8 Å². The first-order valence-corrected chi connectivity index (χ1v) is 7.52. The van der Waals surface area contributed by atoms with E-state index >= 15 is 0 Å². The standard InChI is InChI=1S/C14H19NO4S/c1-4-19-13(17)14(8-18-6-5-11(14)16)7-12-15-9(2)10(3)20-12/h4-8H2,1-3H3. The first-order chi connectivity index (χ1) is 9.49. The monoisotopic (exact) mass is 297 g/mol. The van der Waals surface area contributed by atoms with Gasteiger partial charge in [-0.25, -0.2) is 4.98 Å². The predicted octanol–water partition coefficient (Wildman–Crippen LogP) is 1.84. The number of ketones is 1. The highest BCUT2D eigenvalue weighted by Crippen LogP contribution is 2.33. The average molecular weight is 297 g/mol. The molecule has 0 aliphatic carbocycles. The number of thiazole rings is 1. The molecule has 2 heterocycles. The van der Waals surface area contributed by atoms with Crippen LogP contribution in [0.5, 0.6) is 0 Å². The first kappa shape index (κ1) is 15.1. The van der Waals surface area contributed by atoms with Crippen molar-refractivity contribution < 1.29 is 19.1 Å². The van der Waals surface area contributed by atoms with Crippen LogP contribution in [0.4, 0.5) is 0 Å². The third kappa shape index (κ3) is 2.76. The molecular formula is C14H19NO4S. The molecule has 110 valence electrons. The fourth-order valence-electron chi connectivity index (χ4n) is 2.27. The van der Waals surface area contributed by atoms with E-state index < -0.39 is 11.4 Å². The number of carbonyl (C=O) groups excluding carboxylic acids is 2. The maximum atomic E-state index is 12.3. The van der Waals surface area contributed by atoms with Crippen molar-refractivity contribution in [2.24, 2.45) is 5.41 Å². The summed E-state index contributed by atoms with van der Waals surface area (Å²) in [4.78, 5) is 30.1. The summed E-state index contributed by atoms with van der Waals surface area (Å²) < 4.78 is 10.5. The summed E-state index contributed by atoms with van der Waals surface area (Å²) in [7, 11) is 0. The normalized spacial score (nSPS) is 22.9. The summed E-state index contributed by atoms with van der Waals surface area (Å²) in [6, 6.07) is 0. The summed E-state index contributed by atoms with van der Waals surface area (Å²) in [5.74, 6) is -0.595. The first-order valence-electron chi connectivity index (χ1n) is 6.71. The van der Waals surface area contributed by atoms with Gasteiger partial charge >= 0.3 is 5.97 Å². The molecule has 0 radical (unpaired) electrons. The van der Waals surface area contributed by atoms with E-state index in [1.807, 2.05) is 13.8 Å². The van der Waals surface area contributed by atoms with Crippen molar-refractivity contribution in [3.8, 4) is 0 Å². The number of carbonyl (C=O) groups is 2. The third-order valence-corrected chi connectivity index (χ3v) is 4.62. The Hall–Kier alpha value is -1.27. The molecule has 0 saturated carbocycles. The lowest BCUT2D eigenvalue weighted by atomic mass is 9.78. The van der Waals surface area contributed by atoms with Crippen molar-refractivity contribution in [3.05, 3.63) is 15.6 Å². The lowest BCUT2D eigenvalue weighted by Crippen LogP contribution is -2.49. The molecule has 1 saturated heterocycles. The zero-order chi connectivity index (χ0) is 14.8. The van der Waals surface area contributed by atoms with Gasteiger partial charge in [-0.1, -0.05) is 0 Å². The van der Waals surface area contributed by atoms with Crippen LogP contribution in [0.2, 0.25) is 0 Å². The fourth-order valence-corrected chi connectivity index (χ4v) is 3.32. The summed E-state index contributed by atoms with van der Waals surface area (Å²) >= 11 is 1.52. The summed E-state index contributed by atoms with van der Waals surface area (Å²) in [5, 5.41) is 0.784. The predicted molar refractivity (Wildman–Crippen MR) is 74.8 cm³/mol. The zero-order valence-electron chi connectivity index (χ0n) is 12.0. The summed E-state index contributed by atoms with van der Waals surface area (Å²) in [6.07, 6.45) is 0.520. The molecule has 1 aliphatic heterocycles. The highest BCUT2D eigenvalue weighted by Gasteiger charge is 2.49. The quantitative estimate of drug-likeness (QED) is 0.627. The second kappa shape index (κ2) is 6.01. The van der Waals surface area contributed by atoms with E-state index in [-0.39, 0.29) is 31.8 Å². The van der Waals surface area contributed by atoms with Gasteiger partial charge in [0.1, 0.15) is 0 Å². The van der Waals surface area contributed by atoms with Gasteiger partial charge in [-0.15, -0.1) is 11.3 Å². The number of hydrogen-bond donors (Lipinski definition) is 0. The molecule has 1 aromatic heterocycles. The van der Waals surface area contributed by atoms with Gasteiger partial charge in [-0.2, -0.15) is 0 Å². The highest BCUT2D eigenvalue weighted by atomic mass is 32.1. The minimum atomic E-state index is -1.22. The number of ether oxygens (including phenoxy) is 2. The smallest absolute Gasteiger partial charge is 0.322 e. The number of rotatable bonds is 4. The van der Waals surface area contributed by atoms with Gasteiger partial charge in [-0.3, -0.25) is 9.59 Å². The number of aromatic nitrogens is 1. The van der Waals surface area contributed by atoms with Gasteiger partial charge in [0.15, 0.2) is 11.2 Å². The van der Waals surface area contributed by atoms with Crippen molar-refractivity contribution >= 4 is 23.1 Å². The number of Topliss-reactive ketones (excluding diaryl/α,β-unsaturated/α-hetero) is 1. The minimum Gasteiger partial charge on any atom is -0.465 e. The van der Waals surface area contributed by atoms with E-state index in [0.717, 1.165) is 15.6 Å². The van der Waals surface area contributed by atoms with E-state index in [1.165, 1.54) is 11.3 Å². The molecule has 0 bridgehead atoms. The molecule has 6 heteroatoms. The van der Waals surface area contributed by atoms with Gasteiger partial charge < -0.3 is 9.47 Å². The van der Waals surface area contributed by atoms with Gasteiger partial charge in [0.25, 0.3) is 0 Å². The molecule has 1 unspecified atom stereocenters. The van der Waals surface area contributed by atoms with E-state index in [9.17, 15) is 9.59 Å². The van der Waals surface area contributed by atoms with Crippen LogP contribution >= 0.6 is 11.3 Å². The third-order valence-electron chi connectivity index (χ3n) is 3.55. The van der Waals surface area contributed by atoms with Gasteiger partial charge in [0.05, 0.1) is 30.5 Å². The number of aryl methyl sites for hydroxylation is 2.